The van der Waals surface area contributed by atoms with Crippen molar-refractivity contribution in [2.24, 2.45) is 5.92 Å². The van der Waals surface area contributed by atoms with E-state index in [4.69, 9.17) is 4.74 Å². The molecule has 0 aliphatic heterocycles. The molecule has 21 heavy (non-hydrogen) atoms. The number of benzene rings is 1. The predicted molar refractivity (Wildman–Crippen MR) is 84.9 cm³/mol. The number of nitrogens with one attached hydrogen (secondary N) is 1. The summed E-state index contributed by atoms with van der Waals surface area (Å²) in [4.78, 5) is 0. The van der Waals surface area contributed by atoms with Gasteiger partial charge in [-0.15, -0.1) is 0 Å². The Morgan fingerprint density at radius 2 is 2.00 bits per heavy atom. The highest BCUT2D eigenvalue weighted by Crippen LogP contribution is 2.38. The van der Waals surface area contributed by atoms with E-state index in [1.807, 2.05) is 19.2 Å². The van der Waals surface area contributed by atoms with E-state index in [1.165, 1.54) is 12.8 Å². The zero-order valence-electron chi connectivity index (χ0n) is 13.5. The highest BCUT2D eigenvalue weighted by molar-refractivity contribution is 5.19. The van der Waals surface area contributed by atoms with Crippen LogP contribution in [-0.2, 0) is 11.2 Å². The van der Waals surface area contributed by atoms with Gasteiger partial charge in [0.25, 0.3) is 0 Å². The fraction of sp³-hybridized carbons (Fsp3) is 0.667. The molecular weight excluding hydrogens is 265 g/mol. The van der Waals surface area contributed by atoms with Crippen molar-refractivity contribution >= 4 is 0 Å². The SMILES string of the molecule is CCOC1(C(Cc2ccccc2F)NC)CCC(C)CC1. The quantitative estimate of drug-likeness (QED) is 0.857. The van der Waals surface area contributed by atoms with Crippen LogP contribution in [0.2, 0.25) is 0 Å². The molecule has 1 saturated carbocycles. The predicted octanol–water partition coefficient (Wildman–Crippen LogP) is 3.94. The lowest BCUT2D eigenvalue weighted by Gasteiger charge is -2.45. The third kappa shape index (κ3) is 3.83. The summed E-state index contributed by atoms with van der Waals surface area (Å²) in [5, 5.41) is 3.40. The van der Waals surface area contributed by atoms with Crippen molar-refractivity contribution in [1.29, 1.82) is 0 Å². The minimum atomic E-state index is -0.154. The molecule has 1 aromatic rings. The highest BCUT2D eigenvalue weighted by Gasteiger charge is 2.41. The monoisotopic (exact) mass is 293 g/mol. The Balaban J connectivity index is 2.18. The Labute approximate surface area is 128 Å². The van der Waals surface area contributed by atoms with Gasteiger partial charge in [0.1, 0.15) is 5.82 Å². The van der Waals surface area contributed by atoms with Crippen LogP contribution >= 0.6 is 0 Å². The smallest absolute Gasteiger partial charge is 0.126 e. The average molecular weight is 293 g/mol. The molecule has 0 spiro atoms. The van der Waals surface area contributed by atoms with E-state index < -0.39 is 0 Å². The Kier molecular flexibility index (Phi) is 5.77. The van der Waals surface area contributed by atoms with Gasteiger partial charge in [-0.2, -0.15) is 0 Å². The van der Waals surface area contributed by atoms with E-state index in [0.717, 1.165) is 24.3 Å². The lowest BCUT2D eigenvalue weighted by Crippen LogP contribution is -2.54. The molecule has 0 amide bonds. The summed E-state index contributed by atoms with van der Waals surface area (Å²) in [5.41, 5.74) is 0.618. The number of ether oxygens (including phenoxy) is 1. The molecule has 2 rings (SSSR count). The van der Waals surface area contributed by atoms with Crippen LogP contribution in [0.15, 0.2) is 24.3 Å². The van der Waals surface area contributed by atoms with E-state index in [0.29, 0.717) is 13.0 Å². The van der Waals surface area contributed by atoms with Gasteiger partial charge >= 0.3 is 0 Å². The molecular formula is C18H28FNO. The summed E-state index contributed by atoms with van der Waals surface area (Å²) < 4.78 is 20.2. The summed E-state index contributed by atoms with van der Waals surface area (Å²) in [6.07, 6.45) is 5.17. The number of hydrogen-bond donors (Lipinski definition) is 1. The van der Waals surface area contributed by atoms with Gasteiger partial charge in [-0.1, -0.05) is 25.1 Å². The lowest BCUT2D eigenvalue weighted by molar-refractivity contribution is -0.0948. The van der Waals surface area contributed by atoms with Crippen molar-refractivity contribution < 1.29 is 9.13 Å². The number of likely N-dealkylation sites (N-methyl/N-ethyl adjacent to an activating group) is 1. The van der Waals surface area contributed by atoms with Gasteiger partial charge in [-0.05, 0) is 63.6 Å². The zero-order valence-corrected chi connectivity index (χ0v) is 13.5. The van der Waals surface area contributed by atoms with Crippen LogP contribution in [0.4, 0.5) is 4.39 Å². The van der Waals surface area contributed by atoms with E-state index in [1.54, 1.807) is 12.1 Å². The van der Waals surface area contributed by atoms with Gasteiger partial charge in [-0.3, -0.25) is 0 Å². The zero-order chi connectivity index (χ0) is 15.3. The Bertz CT molecular complexity index is 441. The van der Waals surface area contributed by atoms with Gasteiger partial charge in [0.15, 0.2) is 0 Å². The molecule has 1 atom stereocenters. The van der Waals surface area contributed by atoms with Crippen LogP contribution < -0.4 is 5.32 Å². The van der Waals surface area contributed by atoms with Crippen molar-refractivity contribution in [2.75, 3.05) is 13.7 Å². The average Bonchev–Trinajstić information content (AvgIpc) is 2.49. The molecule has 1 N–H and O–H groups in total. The second-order valence-corrected chi connectivity index (χ2v) is 6.32. The third-order valence-corrected chi connectivity index (χ3v) is 4.92. The largest absolute Gasteiger partial charge is 0.374 e. The van der Waals surface area contributed by atoms with Crippen LogP contribution in [0.3, 0.4) is 0 Å². The fourth-order valence-electron chi connectivity index (χ4n) is 3.57. The molecule has 1 unspecified atom stereocenters. The molecule has 1 aliphatic rings. The summed E-state index contributed by atoms with van der Waals surface area (Å²) in [5.74, 6) is 0.651. The first-order chi connectivity index (χ1) is 10.1. The molecule has 0 heterocycles. The van der Waals surface area contributed by atoms with E-state index in [9.17, 15) is 4.39 Å². The number of halogens is 1. The fourth-order valence-corrected chi connectivity index (χ4v) is 3.57. The summed E-state index contributed by atoms with van der Waals surface area (Å²) in [6.45, 7) is 5.07. The van der Waals surface area contributed by atoms with Crippen LogP contribution in [0.5, 0.6) is 0 Å². The van der Waals surface area contributed by atoms with Gasteiger partial charge in [0, 0.05) is 12.6 Å². The second kappa shape index (κ2) is 7.37. The molecule has 0 radical (unpaired) electrons. The first kappa shape index (κ1) is 16.4. The molecule has 2 nitrogen and oxygen atoms in total. The molecule has 1 aliphatic carbocycles. The normalized spacial score (nSPS) is 27.5. The van der Waals surface area contributed by atoms with Gasteiger partial charge in [0.2, 0.25) is 0 Å². The highest BCUT2D eigenvalue weighted by atomic mass is 19.1. The summed E-state index contributed by atoms with van der Waals surface area (Å²) in [7, 11) is 1.96. The van der Waals surface area contributed by atoms with Crippen molar-refractivity contribution in [3.8, 4) is 0 Å². The molecule has 0 bridgehead atoms. The van der Waals surface area contributed by atoms with Crippen LogP contribution in [0.25, 0.3) is 0 Å². The van der Waals surface area contributed by atoms with Gasteiger partial charge in [0.05, 0.1) is 5.60 Å². The summed E-state index contributed by atoms with van der Waals surface area (Å²) >= 11 is 0. The van der Waals surface area contributed by atoms with Crippen molar-refractivity contribution in [3.63, 3.8) is 0 Å². The number of hydrogen-bond acceptors (Lipinski definition) is 2. The first-order valence-electron chi connectivity index (χ1n) is 8.16. The lowest BCUT2D eigenvalue weighted by atomic mass is 9.73. The maximum absolute atomic E-state index is 14.0. The summed E-state index contributed by atoms with van der Waals surface area (Å²) in [6, 6.07) is 7.22. The Morgan fingerprint density at radius 1 is 1.33 bits per heavy atom. The minimum Gasteiger partial charge on any atom is -0.374 e. The van der Waals surface area contributed by atoms with E-state index in [-0.39, 0.29) is 17.5 Å². The van der Waals surface area contributed by atoms with Gasteiger partial charge < -0.3 is 10.1 Å². The molecule has 0 saturated heterocycles. The molecule has 118 valence electrons. The molecule has 0 aromatic heterocycles. The van der Waals surface area contributed by atoms with Crippen LogP contribution in [0.1, 0.15) is 45.1 Å². The molecule has 1 aromatic carbocycles. The van der Waals surface area contributed by atoms with Crippen LogP contribution in [-0.4, -0.2) is 25.3 Å². The van der Waals surface area contributed by atoms with Crippen molar-refractivity contribution in [1.82, 2.24) is 5.32 Å². The van der Waals surface area contributed by atoms with Crippen molar-refractivity contribution in [2.45, 2.75) is 57.6 Å². The minimum absolute atomic E-state index is 0.117. The van der Waals surface area contributed by atoms with Gasteiger partial charge in [-0.25, -0.2) is 4.39 Å². The third-order valence-electron chi connectivity index (χ3n) is 4.92. The topological polar surface area (TPSA) is 21.3 Å². The Morgan fingerprint density at radius 3 is 2.57 bits per heavy atom. The van der Waals surface area contributed by atoms with Crippen molar-refractivity contribution in [3.05, 3.63) is 35.6 Å². The maximum atomic E-state index is 14.0. The first-order valence-corrected chi connectivity index (χ1v) is 8.16. The van der Waals surface area contributed by atoms with E-state index in [2.05, 4.69) is 19.2 Å². The number of rotatable bonds is 6. The maximum Gasteiger partial charge on any atom is 0.126 e. The standard InChI is InChI=1S/C18H28FNO/c1-4-21-18(11-9-14(2)10-12-18)17(20-3)13-15-7-5-6-8-16(15)19/h5-8,14,17,20H,4,9-13H2,1-3H3. The van der Waals surface area contributed by atoms with Crippen LogP contribution in [0, 0.1) is 11.7 Å². The molecule has 3 heteroatoms. The second-order valence-electron chi connectivity index (χ2n) is 6.32. The Hall–Kier alpha value is -0.930. The molecule has 1 fully saturated rings. The van der Waals surface area contributed by atoms with E-state index >= 15 is 0 Å².